The third-order valence-corrected chi connectivity index (χ3v) is 5.71. The molecule has 1 aliphatic rings. The number of carbonyl (C=O) groups is 1. The lowest BCUT2D eigenvalue weighted by Gasteiger charge is -2.21. The number of amides is 1. The summed E-state index contributed by atoms with van der Waals surface area (Å²) in [5.74, 6) is 0.369. The highest BCUT2D eigenvalue weighted by molar-refractivity contribution is 7.09. The van der Waals surface area contributed by atoms with E-state index >= 15 is 0 Å². The maximum Gasteiger partial charge on any atom is 0.254 e. The summed E-state index contributed by atoms with van der Waals surface area (Å²) in [6, 6.07) is 4.07. The molecule has 3 N–H and O–H groups in total. The first-order valence-electron chi connectivity index (χ1n) is 8.72. The lowest BCUT2D eigenvalue weighted by molar-refractivity contribution is 0.0938. The summed E-state index contributed by atoms with van der Waals surface area (Å²) in [5.41, 5.74) is 1.64. The number of aromatic amines is 1. The van der Waals surface area contributed by atoms with Gasteiger partial charge in [-0.25, -0.2) is 0 Å². The van der Waals surface area contributed by atoms with Crippen LogP contribution in [0.2, 0.25) is 0 Å². The zero-order valence-corrected chi connectivity index (χ0v) is 14.6. The number of hydrogen-bond acceptors (Lipinski definition) is 4. The first-order valence-corrected chi connectivity index (χ1v) is 9.60. The molecular formula is C18H25N3O2S. The zero-order chi connectivity index (χ0) is 16.8. The molecule has 0 bridgehead atoms. The fourth-order valence-corrected chi connectivity index (χ4v) is 4.25. The number of carbonyl (C=O) groups excluding carboxylic acids is 1. The molecule has 1 aliphatic carbocycles. The quantitative estimate of drug-likeness (QED) is 0.720. The molecule has 2 aromatic rings. The number of aliphatic hydroxyl groups excluding tert-OH is 1. The van der Waals surface area contributed by atoms with Crippen LogP contribution in [0.25, 0.3) is 0 Å². The highest BCUT2D eigenvalue weighted by atomic mass is 32.1. The summed E-state index contributed by atoms with van der Waals surface area (Å²) in [7, 11) is 0. The Morgan fingerprint density at radius 2 is 2.25 bits per heavy atom. The summed E-state index contributed by atoms with van der Waals surface area (Å²) in [5, 5.41) is 21.7. The van der Waals surface area contributed by atoms with E-state index in [-0.39, 0.29) is 18.4 Å². The van der Waals surface area contributed by atoms with Gasteiger partial charge in [0.2, 0.25) is 0 Å². The average molecular weight is 347 g/mol. The molecule has 0 aromatic carbocycles. The first kappa shape index (κ1) is 17.2. The number of thiophene rings is 1. The minimum absolute atomic E-state index is 0.0395. The van der Waals surface area contributed by atoms with E-state index in [4.69, 9.17) is 0 Å². The van der Waals surface area contributed by atoms with Crippen molar-refractivity contribution in [1.82, 2.24) is 15.5 Å². The van der Waals surface area contributed by atoms with Gasteiger partial charge in [-0.05, 0) is 30.7 Å². The number of nitrogens with zero attached hydrogens (tertiary/aromatic N) is 1. The average Bonchev–Trinajstić information content (AvgIpc) is 3.30. The van der Waals surface area contributed by atoms with E-state index in [1.165, 1.54) is 24.1 Å². The normalized spacial score (nSPS) is 16.9. The van der Waals surface area contributed by atoms with Crippen molar-refractivity contribution in [2.24, 2.45) is 5.92 Å². The van der Waals surface area contributed by atoms with Crippen LogP contribution < -0.4 is 5.32 Å². The Morgan fingerprint density at radius 1 is 1.42 bits per heavy atom. The molecule has 6 heteroatoms. The maximum absolute atomic E-state index is 12.5. The summed E-state index contributed by atoms with van der Waals surface area (Å²) >= 11 is 1.68. The Labute approximate surface area is 146 Å². The van der Waals surface area contributed by atoms with Gasteiger partial charge in [-0.2, -0.15) is 5.10 Å². The first-order chi connectivity index (χ1) is 11.8. The van der Waals surface area contributed by atoms with Crippen molar-refractivity contribution < 1.29 is 9.90 Å². The molecule has 0 radical (unpaired) electrons. The molecule has 1 fully saturated rings. The molecule has 2 aromatic heterocycles. The molecule has 0 unspecified atom stereocenters. The van der Waals surface area contributed by atoms with E-state index in [9.17, 15) is 9.90 Å². The second-order valence-corrected chi connectivity index (χ2v) is 7.61. The zero-order valence-electron chi connectivity index (χ0n) is 13.8. The van der Waals surface area contributed by atoms with Crippen LogP contribution in [0, 0.1) is 5.92 Å². The van der Waals surface area contributed by atoms with Gasteiger partial charge in [0.05, 0.1) is 17.5 Å². The predicted octanol–water partition coefficient (Wildman–Crippen LogP) is 3.10. The van der Waals surface area contributed by atoms with Crippen LogP contribution in [0.1, 0.15) is 59.0 Å². The van der Waals surface area contributed by atoms with Crippen molar-refractivity contribution in [3.63, 3.8) is 0 Å². The molecule has 1 atom stereocenters. The second-order valence-electron chi connectivity index (χ2n) is 6.57. The standard InChI is InChI=1S/C18H25N3O2S/c22-12-13(9-15-7-4-8-24-15)10-19-18(23)16-11-20-21-17(16)14-5-2-1-3-6-14/h4,7-8,11,13-14,22H,1-3,5-6,9-10,12H2,(H,19,23)(H,20,21)/t13-/m0/s1. The lowest BCUT2D eigenvalue weighted by Crippen LogP contribution is -2.32. The Balaban J connectivity index is 1.57. The van der Waals surface area contributed by atoms with Gasteiger partial charge in [0.25, 0.3) is 5.91 Å². The monoisotopic (exact) mass is 347 g/mol. The van der Waals surface area contributed by atoms with Crippen molar-refractivity contribution >= 4 is 17.2 Å². The number of nitrogens with one attached hydrogen (secondary N) is 2. The Hall–Kier alpha value is -1.66. The summed E-state index contributed by atoms with van der Waals surface area (Å²) < 4.78 is 0. The largest absolute Gasteiger partial charge is 0.396 e. The molecule has 0 aliphatic heterocycles. The summed E-state index contributed by atoms with van der Waals surface area (Å²) in [6.07, 6.45) is 8.39. The Bertz CT molecular complexity index is 632. The van der Waals surface area contributed by atoms with Crippen LogP contribution >= 0.6 is 11.3 Å². The molecule has 24 heavy (non-hydrogen) atoms. The minimum atomic E-state index is -0.0889. The number of rotatable bonds is 7. The molecule has 0 spiro atoms. The van der Waals surface area contributed by atoms with Crippen LogP contribution in [0.15, 0.2) is 23.7 Å². The van der Waals surface area contributed by atoms with E-state index < -0.39 is 0 Å². The third-order valence-electron chi connectivity index (χ3n) is 4.81. The maximum atomic E-state index is 12.5. The van der Waals surface area contributed by atoms with Gasteiger partial charge in [-0.15, -0.1) is 11.3 Å². The van der Waals surface area contributed by atoms with Crippen molar-refractivity contribution in [3.8, 4) is 0 Å². The number of aromatic nitrogens is 2. The highest BCUT2D eigenvalue weighted by Crippen LogP contribution is 2.33. The van der Waals surface area contributed by atoms with Crippen LogP contribution in [-0.4, -0.2) is 34.4 Å². The van der Waals surface area contributed by atoms with E-state index in [2.05, 4.69) is 21.6 Å². The smallest absolute Gasteiger partial charge is 0.254 e. The summed E-state index contributed by atoms with van der Waals surface area (Å²) in [4.78, 5) is 13.8. The Morgan fingerprint density at radius 3 is 2.96 bits per heavy atom. The second kappa shape index (κ2) is 8.44. The fourth-order valence-electron chi connectivity index (χ4n) is 3.43. The van der Waals surface area contributed by atoms with Gasteiger partial charge in [0.1, 0.15) is 0 Å². The predicted molar refractivity (Wildman–Crippen MR) is 95.3 cm³/mol. The van der Waals surface area contributed by atoms with Crippen LogP contribution in [-0.2, 0) is 6.42 Å². The van der Waals surface area contributed by atoms with Crippen LogP contribution in [0.3, 0.4) is 0 Å². The Kier molecular flexibility index (Phi) is 6.04. The van der Waals surface area contributed by atoms with Crippen molar-refractivity contribution in [2.75, 3.05) is 13.2 Å². The van der Waals surface area contributed by atoms with Gasteiger partial charge in [-0.1, -0.05) is 25.3 Å². The fraction of sp³-hybridized carbons (Fsp3) is 0.556. The van der Waals surface area contributed by atoms with Gasteiger partial charge < -0.3 is 10.4 Å². The molecule has 5 nitrogen and oxygen atoms in total. The molecule has 3 rings (SSSR count). The molecule has 0 saturated heterocycles. The van der Waals surface area contributed by atoms with Gasteiger partial charge in [0.15, 0.2) is 0 Å². The number of H-pyrrole nitrogens is 1. The van der Waals surface area contributed by atoms with Gasteiger partial charge >= 0.3 is 0 Å². The van der Waals surface area contributed by atoms with Crippen molar-refractivity contribution in [1.29, 1.82) is 0 Å². The van der Waals surface area contributed by atoms with E-state index in [1.54, 1.807) is 17.5 Å². The topological polar surface area (TPSA) is 78.0 Å². The van der Waals surface area contributed by atoms with Gasteiger partial charge in [-0.3, -0.25) is 9.89 Å². The molecule has 1 saturated carbocycles. The molecule has 1 amide bonds. The summed E-state index contributed by atoms with van der Waals surface area (Å²) in [6.45, 7) is 0.543. The minimum Gasteiger partial charge on any atom is -0.396 e. The van der Waals surface area contributed by atoms with Crippen LogP contribution in [0.5, 0.6) is 0 Å². The van der Waals surface area contributed by atoms with Crippen molar-refractivity contribution in [3.05, 3.63) is 39.8 Å². The molecular weight excluding hydrogens is 322 g/mol. The number of aliphatic hydroxyl groups is 1. The highest BCUT2D eigenvalue weighted by Gasteiger charge is 2.23. The van der Waals surface area contributed by atoms with Crippen molar-refractivity contribution in [2.45, 2.75) is 44.4 Å². The van der Waals surface area contributed by atoms with E-state index in [0.717, 1.165) is 25.0 Å². The lowest BCUT2D eigenvalue weighted by atomic mass is 9.85. The molecule has 2 heterocycles. The molecule has 130 valence electrons. The third kappa shape index (κ3) is 4.24. The SMILES string of the molecule is O=C(NC[C@@H](CO)Cc1cccs1)c1cn[nH]c1C1CCCCC1. The van der Waals surface area contributed by atoms with E-state index in [1.807, 2.05) is 11.4 Å². The van der Waals surface area contributed by atoms with Gasteiger partial charge in [0, 0.05) is 29.9 Å². The van der Waals surface area contributed by atoms with Crippen LogP contribution in [0.4, 0.5) is 0 Å². The number of hydrogen-bond donors (Lipinski definition) is 3. The van der Waals surface area contributed by atoms with E-state index in [0.29, 0.717) is 18.0 Å².